The molecule has 3 aromatic rings. The van der Waals surface area contributed by atoms with E-state index >= 15 is 0 Å². The molecule has 1 unspecified atom stereocenters. The third-order valence-corrected chi connectivity index (χ3v) is 5.75. The molecule has 8 heteroatoms. The molecule has 1 fully saturated rings. The number of carbonyl (C=O) groups excluding carboxylic acids is 1. The fourth-order valence-electron chi connectivity index (χ4n) is 4.02. The number of benzene rings is 3. The molecule has 4 rings (SSSR count). The van der Waals surface area contributed by atoms with Crippen LogP contribution in [0.25, 0.3) is 10.8 Å². The number of hydrogen-bond donors (Lipinski definition) is 1. The summed E-state index contributed by atoms with van der Waals surface area (Å²) in [6.07, 6.45) is -5.31. The first-order valence-electron chi connectivity index (χ1n) is 10.8. The Balaban J connectivity index is 1.27. The van der Waals surface area contributed by atoms with E-state index in [0.717, 1.165) is 16.8 Å². The summed E-state index contributed by atoms with van der Waals surface area (Å²) in [7, 11) is 0. The van der Waals surface area contributed by atoms with Crippen molar-refractivity contribution in [3.63, 3.8) is 0 Å². The number of fused-ring (bicyclic) bond motifs is 1. The van der Waals surface area contributed by atoms with Gasteiger partial charge in [-0.2, -0.15) is 13.2 Å². The number of hydrogen-bond acceptors (Lipinski definition) is 4. The minimum atomic E-state index is -4.58. The SMILES string of the molecule is O=C(c1ccccc1C(F)(F)F)N1CCN(CC(O)COc2ccc3ccccc3c2)CC1. The van der Waals surface area contributed by atoms with Gasteiger partial charge in [0.2, 0.25) is 0 Å². The van der Waals surface area contributed by atoms with Crippen LogP contribution in [0.5, 0.6) is 5.75 Å². The van der Waals surface area contributed by atoms with Crippen LogP contribution in [0.2, 0.25) is 0 Å². The van der Waals surface area contributed by atoms with E-state index < -0.39 is 23.8 Å². The summed E-state index contributed by atoms with van der Waals surface area (Å²) in [4.78, 5) is 16.1. The minimum absolute atomic E-state index is 0.121. The first kappa shape index (κ1) is 23.1. The van der Waals surface area contributed by atoms with E-state index in [1.807, 2.05) is 47.4 Å². The third-order valence-electron chi connectivity index (χ3n) is 5.75. The minimum Gasteiger partial charge on any atom is -0.491 e. The normalized spacial score (nSPS) is 16.1. The van der Waals surface area contributed by atoms with Gasteiger partial charge in [0.05, 0.1) is 11.1 Å². The van der Waals surface area contributed by atoms with Gasteiger partial charge in [-0.3, -0.25) is 9.69 Å². The Bertz CT molecular complexity index is 1110. The molecule has 1 saturated heterocycles. The van der Waals surface area contributed by atoms with Crippen molar-refractivity contribution in [2.24, 2.45) is 0 Å². The Morgan fingerprint density at radius 1 is 0.939 bits per heavy atom. The van der Waals surface area contributed by atoms with Crippen molar-refractivity contribution in [1.82, 2.24) is 9.80 Å². The summed E-state index contributed by atoms with van der Waals surface area (Å²) in [5, 5.41) is 12.5. The number of ether oxygens (including phenoxy) is 1. The summed E-state index contributed by atoms with van der Waals surface area (Å²) in [5.74, 6) is 0.0502. The molecule has 33 heavy (non-hydrogen) atoms. The molecule has 1 atom stereocenters. The molecule has 1 aliphatic heterocycles. The van der Waals surface area contributed by atoms with E-state index in [2.05, 4.69) is 0 Å². The lowest BCUT2D eigenvalue weighted by Crippen LogP contribution is -2.51. The van der Waals surface area contributed by atoms with E-state index in [1.165, 1.54) is 23.1 Å². The van der Waals surface area contributed by atoms with Crippen LogP contribution in [0, 0.1) is 0 Å². The Labute approximate surface area is 190 Å². The number of carbonyl (C=O) groups is 1. The maximum absolute atomic E-state index is 13.2. The lowest BCUT2D eigenvalue weighted by atomic mass is 10.1. The number of nitrogens with zero attached hydrogens (tertiary/aromatic N) is 2. The molecule has 3 aromatic carbocycles. The molecule has 0 saturated carbocycles. The van der Waals surface area contributed by atoms with Gasteiger partial charge in [0, 0.05) is 32.7 Å². The molecule has 0 aromatic heterocycles. The van der Waals surface area contributed by atoms with Crippen molar-refractivity contribution >= 4 is 16.7 Å². The molecule has 1 aliphatic rings. The molecule has 174 valence electrons. The van der Waals surface area contributed by atoms with Crippen LogP contribution in [-0.2, 0) is 6.18 Å². The molecule has 0 bridgehead atoms. The Morgan fingerprint density at radius 3 is 2.33 bits per heavy atom. The highest BCUT2D eigenvalue weighted by atomic mass is 19.4. The fourth-order valence-corrected chi connectivity index (χ4v) is 4.02. The van der Waals surface area contributed by atoms with Crippen molar-refractivity contribution in [2.45, 2.75) is 12.3 Å². The summed E-state index contributed by atoms with van der Waals surface area (Å²) >= 11 is 0. The van der Waals surface area contributed by atoms with Crippen molar-refractivity contribution in [2.75, 3.05) is 39.3 Å². The van der Waals surface area contributed by atoms with Gasteiger partial charge in [0.1, 0.15) is 18.5 Å². The number of rotatable bonds is 6. The predicted octanol–water partition coefficient (Wildman–Crippen LogP) is 4.06. The van der Waals surface area contributed by atoms with Crippen LogP contribution in [0.15, 0.2) is 66.7 Å². The molecular formula is C25H25F3N2O3. The smallest absolute Gasteiger partial charge is 0.417 e. The molecule has 0 aliphatic carbocycles. The molecule has 1 N–H and O–H groups in total. The Morgan fingerprint density at radius 2 is 1.61 bits per heavy atom. The monoisotopic (exact) mass is 458 g/mol. The first-order valence-corrected chi connectivity index (χ1v) is 10.8. The summed E-state index contributed by atoms with van der Waals surface area (Å²) in [6, 6.07) is 18.5. The van der Waals surface area contributed by atoms with Gasteiger partial charge in [-0.25, -0.2) is 0 Å². The highest BCUT2D eigenvalue weighted by Crippen LogP contribution is 2.32. The fraction of sp³-hybridized carbons (Fsp3) is 0.320. The van der Waals surface area contributed by atoms with Crippen LogP contribution < -0.4 is 4.74 Å². The van der Waals surface area contributed by atoms with Gasteiger partial charge in [-0.05, 0) is 35.0 Å². The number of amides is 1. The number of aliphatic hydroxyl groups is 1. The van der Waals surface area contributed by atoms with Crippen LogP contribution in [-0.4, -0.2) is 66.2 Å². The van der Waals surface area contributed by atoms with E-state index in [1.54, 1.807) is 0 Å². The van der Waals surface area contributed by atoms with Gasteiger partial charge < -0.3 is 14.7 Å². The third kappa shape index (κ3) is 5.64. The topological polar surface area (TPSA) is 53.0 Å². The van der Waals surface area contributed by atoms with Crippen molar-refractivity contribution in [1.29, 1.82) is 0 Å². The number of aliphatic hydroxyl groups excluding tert-OH is 1. The number of alkyl halides is 3. The lowest BCUT2D eigenvalue weighted by molar-refractivity contribution is -0.138. The van der Waals surface area contributed by atoms with Crippen molar-refractivity contribution in [3.8, 4) is 5.75 Å². The summed E-state index contributed by atoms with van der Waals surface area (Å²) in [6.45, 7) is 2.00. The highest BCUT2D eigenvalue weighted by Gasteiger charge is 2.36. The zero-order chi connectivity index (χ0) is 23.4. The average molecular weight is 458 g/mol. The highest BCUT2D eigenvalue weighted by molar-refractivity contribution is 5.96. The van der Waals surface area contributed by atoms with E-state index in [0.29, 0.717) is 38.5 Å². The second-order valence-electron chi connectivity index (χ2n) is 8.11. The predicted molar refractivity (Wildman–Crippen MR) is 119 cm³/mol. The molecule has 0 radical (unpaired) electrons. The molecule has 1 amide bonds. The van der Waals surface area contributed by atoms with E-state index in [9.17, 15) is 23.1 Å². The second-order valence-corrected chi connectivity index (χ2v) is 8.11. The number of piperazine rings is 1. The van der Waals surface area contributed by atoms with Crippen LogP contribution in [0.3, 0.4) is 0 Å². The van der Waals surface area contributed by atoms with Crippen molar-refractivity contribution in [3.05, 3.63) is 77.9 Å². The van der Waals surface area contributed by atoms with Gasteiger partial charge in [0.15, 0.2) is 0 Å². The average Bonchev–Trinajstić information content (AvgIpc) is 2.82. The van der Waals surface area contributed by atoms with Crippen LogP contribution >= 0.6 is 0 Å². The maximum Gasteiger partial charge on any atom is 0.417 e. The lowest BCUT2D eigenvalue weighted by Gasteiger charge is -2.36. The quantitative estimate of drug-likeness (QED) is 0.606. The molecule has 5 nitrogen and oxygen atoms in total. The summed E-state index contributed by atoms with van der Waals surface area (Å²) in [5.41, 5.74) is -1.25. The van der Waals surface area contributed by atoms with Crippen molar-refractivity contribution < 1.29 is 27.8 Å². The largest absolute Gasteiger partial charge is 0.491 e. The number of halogens is 3. The second kappa shape index (κ2) is 9.80. The van der Waals surface area contributed by atoms with Gasteiger partial charge in [-0.1, -0.05) is 42.5 Å². The zero-order valence-corrected chi connectivity index (χ0v) is 18.0. The van der Waals surface area contributed by atoms with Gasteiger partial charge in [0.25, 0.3) is 5.91 Å². The molecule has 0 spiro atoms. The van der Waals surface area contributed by atoms with Gasteiger partial charge in [-0.15, -0.1) is 0 Å². The van der Waals surface area contributed by atoms with Crippen LogP contribution in [0.4, 0.5) is 13.2 Å². The summed E-state index contributed by atoms with van der Waals surface area (Å²) < 4.78 is 45.4. The zero-order valence-electron chi connectivity index (χ0n) is 18.0. The standard InChI is InChI=1S/C25H25F3N2O3/c26-25(27,28)23-8-4-3-7-22(23)24(32)30-13-11-29(12-14-30)16-20(31)17-33-21-10-9-18-5-1-2-6-19(18)15-21/h1-10,15,20,31H,11-14,16-17H2. The van der Waals surface area contributed by atoms with Gasteiger partial charge >= 0.3 is 6.18 Å². The van der Waals surface area contributed by atoms with E-state index in [-0.39, 0.29) is 12.2 Å². The van der Waals surface area contributed by atoms with E-state index in [4.69, 9.17) is 4.74 Å². The first-order chi connectivity index (χ1) is 15.8. The Hall–Kier alpha value is -3.10. The Kier molecular flexibility index (Phi) is 6.85. The number of β-amino-alcohol motifs (C(OH)–C–C–N with tert-alkyl or cyclic N) is 1. The molecular weight excluding hydrogens is 433 g/mol. The molecule has 1 heterocycles. The van der Waals surface area contributed by atoms with Crippen LogP contribution in [0.1, 0.15) is 15.9 Å². The maximum atomic E-state index is 13.2.